The van der Waals surface area contributed by atoms with E-state index in [2.05, 4.69) is 5.16 Å². The first kappa shape index (κ1) is 15.2. The highest BCUT2D eigenvalue weighted by Gasteiger charge is 2.18. The Morgan fingerprint density at radius 2 is 1.86 bits per heavy atom. The largest absolute Gasteiger partial charge is 0.478 e. The number of carboxylic acids is 1. The molecular formula is C15H17NO5. The van der Waals surface area contributed by atoms with Crippen molar-refractivity contribution >= 4 is 5.97 Å². The normalized spacial score (nSPS) is 11.0. The van der Waals surface area contributed by atoms with Crippen LogP contribution in [-0.2, 0) is 9.47 Å². The zero-order valence-electron chi connectivity index (χ0n) is 11.9. The first-order valence-electron chi connectivity index (χ1n) is 6.69. The summed E-state index contributed by atoms with van der Waals surface area (Å²) in [7, 11) is 0. The van der Waals surface area contributed by atoms with Gasteiger partial charge in [0.05, 0.1) is 5.56 Å². The number of carboxylic acid groups (broad SMARTS) is 1. The van der Waals surface area contributed by atoms with E-state index >= 15 is 0 Å². The summed E-state index contributed by atoms with van der Waals surface area (Å²) in [5.74, 6) is -0.480. The topological polar surface area (TPSA) is 81.8 Å². The maximum atomic E-state index is 10.8. The fourth-order valence-corrected chi connectivity index (χ4v) is 1.84. The molecular weight excluding hydrogens is 274 g/mol. The van der Waals surface area contributed by atoms with Crippen molar-refractivity contribution in [2.24, 2.45) is 0 Å². The molecule has 0 fully saturated rings. The Hall–Kier alpha value is -2.18. The van der Waals surface area contributed by atoms with E-state index in [1.165, 1.54) is 12.1 Å². The summed E-state index contributed by atoms with van der Waals surface area (Å²) in [6.07, 6.45) is -0.584. The van der Waals surface area contributed by atoms with Crippen molar-refractivity contribution < 1.29 is 23.9 Å². The number of carbonyl (C=O) groups is 1. The van der Waals surface area contributed by atoms with E-state index in [1.807, 2.05) is 13.8 Å². The Kier molecular flexibility index (Phi) is 5.08. The highest BCUT2D eigenvalue weighted by atomic mass is 16.7. The Labute approximate surface area is 122 Å². The third kappa shape index (κ3) is 3.68. The molecule has 6 nitrogen and oxygen atoms in total. The lowest BCUT2D eigenvalue weighted by atomic mass is 10.1. The van der Waals surface area contributed by atoms with Crippen LogP contribution in [0, 0.1) is 0 Å². The predicted molar refractivity (Wildman–Crippen MR) is 74.9 cm³/mol. The second-order valence-electron chi connectivity index (χ2n) is 4.24. The van der Waals surface area contributed by atoms with E-state index in [9.17, 15) is 4.79 Å². The van der Waals surface area contributed by atoms with Crippen molar-refractivity contribution in [3.05, 3.63) is 41.7 Å². The second kappa shape index (κ2) is 7.01. The van der Waals surface area contributed by atoms with Crippen molar-refractivity contribution in [3.8, 4) is 11.3 Å². The molecule has 1 heterocycles. The number of benzene rings is 1. The first-order valence-corrected chi connectivity index (χ1v) is 6.69. The van der Waals surface area contributed by atoms with Crippen LogP contribution in [0.15, 0.2) is 34.9 Å². The fourth-order valence-electron chi connectivity index (χ4n) is 1.84. The average Bonchev–Trinajstić information content (AvgIpc) is 2.97. The molecule has 21 heavy (non-hydrogen) atoms. The van der Waals surface area contributed by atoms with Crippen molar-refractivity contribution in [2.75, 3.05) is 13.2 Å². The van der Waals surface area contributed by atoms with Crippen LogP contribution in [0.2, 0.25) is 0 Å². The molecule has 0 spiro atoms. The van der Waals surface area contributed by atoms with Gasteiger partial charge < -0.3 is 19.1 Å². The quantitative estimate of drug-likeness (QED) is 0.789. The van der Waals surface area contributed by atoms with Gasteiger partial charge in [0.2, 0.25) is 6.29 Å². The molecule has 1 N–H and O–H groups in total. The van der Waals surface area contributed by atoms with Gasteiger partial charge in [-0.15, -0.1) is 0 Å². The lowest BCUT2D eigenvalue weighted by Crippen LogP contribution is -2.07. The molecule has 112 valence electrons. The zero-order valence-corrected chi connectivity index (χ0v) is 11.9. The van der Waals surface area contributed by atoms with E-state index in [4.69, 9.17) is 19.1 Å². The van der Waals surface area contributed by atoms with Gasteiger partial charge in [0.15, 0.2) is 5.76 Å². The third-order valence-electron chi connectivity index (χ3n) is 2.82. The highest BCUT2D eigenvalue weighted by molar-refractivity contribution is 5.88. The molecule has 6 heteroatoms. The van der Waals surface area contributed by atoms with E-state index in [-0.39, 0.29) is 5.56 Å². The van der Waals surface area contributed by atoms with E-state index < -0.39 is 12.3 Å². The van der Waals surface area contributed by atoms with Crippen molar-refractivity contribution in [2.45, 2.75) is 20.1 Å². The van der Waals surface area contributed by atoms with Gasteiger partial charge in [-0.3, -0.25) is 0 Å². The molecule has 0 amide bonds. The van der Waals surface area contributed by atoms with Gasteiger partial charge in [0.1, 0.15) is 5.69 Å². The standard InChI is InChI=1S/C15H17NO5/c1-3-19-15(20-4-2)13-9-12(16-21-13)10-5-7-11(8-6-10)14(17)18/h5-9,15H,3-4H2,1-2H3,(H,17,18). The average molecular weight is 291 g/mol. The summed E-state index contributed by atoms with van der Waals surface area (Å²) in [4.78, 5) is 10.8. The van der Waals surface area contributed by atoms with E-state index in [0.29, 0.717) is 24.7 Å². The van der Waals surface area contributed by atoms with Gasteiger partial charge in [0, 0.05) is 24.8 Å². The first-order chi connectivity index (χ1) is 10.2. The number of aromatic carboxylic acids is 1. The lowest BCUT2D eigenvalue weighted by Gasteiger charge is -2.12. The SMILES string of the molecule is CCOC(OCC)c1cc(-c2ccc(C(=O)O)cc2)no1. The number of hydrogen-bond acceptors (Lipinski definition) is 5. The molecule has 0 radical (unpaired) electrons. The van der Waals surface area contributed by atoms with Crippen LogP contribution < -0.4 is 0 Å². The maximum Gasteiger partial charge on any atom is 0.335 e. The summed E-state index contributed by atoms with van der Waals surface area (Å²) in [6.45, 7) is 4.73. The number of ether oxygens (including phenoxy) is 2. The van der Waals surface area contributed by atoms with Crippen LogP contribution in [0.1, 0.15) is 36.3 Å². The van der Waals surface area contributed by atoms with Gasteiger partial charge >= 0.3 is 5.97 Å². The minimum Gasteiger partial charge on any atom is -0.478 e. The van der Waals surface area contributed by atoms with E-state index in [1.54, 1.807) is 18.2 Å². The van der Waals surface area contributed by atoms with Crippen molar-refractivity contribution in [1.82, 2.24) is 5.16 Å². The molecule has 0 aliphatic rings. The minimum atomic E-state index is -0.963. The van der Waals surface area contributed by atoms with Gasteiger partial charge in [-0.1, -0.05) is 17.3 Å². The van der Waals surface area contributed by atoms with Crippen molar-refractivity contribution in [1.29, 1.82) is 0 Å². The van der Waals surface area contributed by atoms with Gasteiger partial charge in [-0.25, -0.2) is 4.79 Å². The van der Waals surface area contributed by atoms with Crippen LogP contribution in [0.25, 0.3) is 11.3 Å². The van der Waals surface area contributed by atoms with Crippen LogP contribution >= 0.6 is 0 Å². The Bertz CT molecular complexity index is 584. The number of rotatable bonds is 7. The number of nitrogens with zero attached hydrogens (tertiary/aromatic N) is 1. The molecule has 1 aromatic carbocycles. The summed E-state index contributed by atoms with van der Waals surface area (Å²) < 4.78 is 16.1. The van der Waals surface area contributed by atoms with Crippen molar-refractivity contribution in [3.63, 3.8) is 0 Å². The molecule has 0 unspecified atom stereocenters. The summed E-state index contributed by atoms with van der Waals surface area (Å²) in [6, 6.07) is 8.14. The monoisotopic (exact) mass is 291 g/mol. The fraction of sp³-hybridized carbons (Fsp3) is 0.333. The van der Waals surface area contributed by atoms with Gasteiger partial charge in [0.25, 0.3) is 0 Å². The predicted octanol–water partition coefficient (Wildman–Crippen LogP) is 3.11. The van der Waals surface area contributed by atoms with Crippen LogP contribution in [0.3, 0.4) is 0 Å². The van der Waals surface area contributed by atoms with Gasteiger partial charge in [-0.2, -0.15) is 0 Å². The molecule has 1 aromatic heterocycles. The smallest absolute Gasteiger partial charge is 0.335 e. The molecule has 0 aliphatic carbocycles. The molecule has 0 atom stereocenters. The number of aromatic nitrogens is 1. The molecule has 2 rings (SSSR count). The zero-order chi connectivity index (χ0) is 15.2. The Balaban J connectivity index is 2.20. The molecule has 2 aromatic rings. The molecule has 0 saturated heterocycles. The Morgan fingerprint density at radius 3 is 2.38 bits per heavy atom. The molecule has 0 aliphatic heterocycles. The van der Waals surface area contributed by atoms with Crippen LogP contribution in [0.5, 0.6) is 0 Å². The lowest BCUT2D eigenvalue weighted by molar-refractivity contribution is -0.152. The van der Waals surface area contributed by atoms with Crippen LogP contribution in [0.4, 0.5) is 0 Å². The Morgan fingerprint density at radius 1 is 1.24 bits per heavy atom. The maximum absolute atomic E-state index is 10.8. The van der Waals surface area contributed by atoms with Gasteiger partial charge in [-0.05, 0) is 26.0 Å². The summed E-state index contributed by atoms with van der Waals surface area (Å²) in [5, 5.41) is 12.8. The summed E-state index contributed by atoms with van der Waals surface area (Å²) in [5.41, 5.74) is 1.59. The molecule has 0 bridgehead atoms. The third-order valence-corrected chi connectivity index (χ3v) is 2.82. The van der Waals surface area contributed by atoms with E-state index in [0.717, 1.165) is 5.56 Å². The van der Waals surface area contributed by atoms with Crippen LogP contribution in [-0.4, -0.2) is 29.4 Å². The second-order valence-corrected chi connectivity index (χ2v) is 4.24. The molecule has 0 saturated carbocycles. The summed E-state index contributed by atoms with van der Waals surface area (Å²) >= 11 is 0. The highest BCUT2D eigenvalue weighted by Crippen LogP contribution is 2.25. The number of hydrogen-bond donors (Lipinski definition) is 1. The minimum absolute atomic E-state index is 0.226.